The van der Waals surface area contributed by atoms with Gasteiger partial charge in [0.2, 0.25) is 0 Å². The number of carbonyl (C=O) groups excluding carboxylic acids is 1. The van der Waals surface area contributed by atoms with Gasteiger partial charge in [-0.2, -0.15) is 0 Å². The third kappa shape index (κ3) is 3.20. The molecule has 1 amide bonds. The van der Waals surface area contributed by atoms with Crippen molar-refractivity contribution in [3.63, 3.8) is 0 Å². The third-order valence-corrected chi connectivity index (χ3v) is 4.57. The summed E-state index contributed by atoms with van der Waals surface area (Å²) in [5.74, 6) is 1.36. The van der Waals surface area contributed by atoms with Crippen molar-refractivity contribution in [2.24, 2.45) is 0 Å². The molecule has 1 aromatic carbocycles. The highest BCUT2D eigenvalue weighted by atomic mass is 32.1. The fourth-order valence-corrected chi connectivity index (χ4v) is 3.43. The summed E-state index contributed by atoms with van der Waals surface area (Å²) >= 11 is 1.72. The Labute approximate surface area is 133 Å². The van der Waals surface area contributed by atoms with Gasteiger partial charge in [0.15, 0.2) is 0 Å². The number of carbonyl (C=O) groups is 1. The number of rotatable bonds is 5. The van der Waals surface area contributed by atoms with E-state index in [2.05, 4.69) is 16.4 Å². The Hall–Kier alpha value is -2.14. The van der Waals surface area contributed by atoms with Crippen LogP contribution in [-0.2, 0) is 6.42 Å². The van der Waals surface area contributed by atoms with Gasteiger partial charge in [-0.25, -0.2) is 4.98 Å². The maximum absolute atomic E-state index is 12.0. The summed E-state index contributed by atoms with van der Waals surface area (Å²) in [6.07, 6.45) is 1.75. The van der Waals surface area contributed by atoms with Crippen molar-refractivity contribution in [3.8, 4) is 0 Å². The van der Waals surface area contributed by atoms with Crippen molar-refractivity contribution in [1.29, 1.82) is 0 Å². The topological polar surface area (TPSA) is 55.1 Å². The van der Waals surface area contributed by atoms with Crippen LogP contribution in [0.2, 0.25) is 0 Å². The van der Waals surface area contributed by atoms with Gasteiger partial charge in [-0.05, 0) is 38.5 Å². The van der Waals surface area contributed by atoms with Gasteiger partial charge >= 0.3 is 0 Å². The van der Waals surface area contributed by atoms with E-state index in [1.165, 1.54) is 4.70 Å². The second-order valence-electron chi connectivity index (χ2n) is 5.26. The lowest BCUT2D eigenvalue weighted by Crippen LogP contribution is -2.24. The van der Waals surface area contributed by atoms with Crippen LogP contribution in [0.5, 0.6) is 0 Å². The van der Waals surface area contributed by atoms with Gasteiger partial charge in [0.1, 0.15) is 11.5 Å². The quantitative estimate of drug-likeness (QED) is 0.727. The summed E-state index contributed by atoms with van der Waals surface area (Å²) in [4.78, 5) is 16.6. The van der Waals surface area contributed by atoms with Crippen LogP contribution in [0, 0.1) is 13.8 Å². The standard InChI is InChI=1S/C17H18N2O2S/c1-11-10-13(12(2)21-11)17(20)18-9-5-8-16-19-14-6-3-4-7-15(14)22-16/h3-4,6-7,10H,5,8-9H2,1-2H3,(H,18,20). The molecule has 2 aromatic heterocycles. The fraction of sp³-hybridized carbons (Fsp3) is 0.294. The molecule has 2 heterocycles. The molecule has 0 unspecified atom stereocenters. The molecular formula is C17H18N2O2S. The summed E-state index contributed by atoms with van der Waals surface area (Å²) in [7, 11) is 0. The zero-order valence-electron chi connectivity index (χ0n) is 12.7. The number of amides is 1. The van der Waals surface area contributed by atoms with E-state index in [-0.39, 0.29) is 5.91 Å². The molecule has 5 heteroatoms. The number of para-hydroxylation sites is 1. The van der Waals surface area contributed by atoms with E-state index in [0.717, 1.165) is 29.1 Å². The number of hydrogen-bond acceptors (Lipinski definition) is 4. The summed E-state index contributed by atoms with van der Waals surface area (Å²) < 4.78 is 6.59. The largest absolute Gasteiger partial charge is 0.466 e. The molecule has 1 N–H and O–H groups in total. The van der Waals surface area contributed by atoms with Gasteiger partial charge in [0.05, 0.1) is 20.8 Å². The number of aromatic nitrogens is 1. The lowest BCUT2D eigenvalue weighted by molar-refractivity contribution is 0.0951. The minimum Gasteiger partial charge on any atom is -0.466 e. The van der Waals surface area contributed by atoms with E-state index in [4.69, 9.17) is 4.42 Å². The molecule has 0 aliphatic rings. The lowest BCUT2D eigenvalue weighted by atomic mass is 10.2. The minimum absolute atomic E-state index is 0.0707. The van der Waals surface area contributed by atoms with Crippen LogP contribution < -0.4 is 5.32 Å². The molecule has 0 fully saturated rings. The fourth-order valence-electron chi connectivity index (χ4n) is 2.42. The molecule has 0 aliphatic heterocycles. The van der Waals surface area contributed by atoms with Crippen molar-refractivity contribution in [2.45, 2.75) is 26.7 Å². The molecule has 4 nitrogen and oxygen atoms in total. The van der Waals surface area contributed by atoms with E-state index >= 15 is 0 Å². The highest BCUT2D eigenvalue weighted by Crippen LogP contribution is 2.22. The van der Waals surface area contributed by atoms with Crippen LogP contribution in [0.4, 0.5) is 0 Å². The summed E-state index contributed by atoms with van der Waals surface area (Å²) in [6.45, 7) is 4.29. The lowest BCUT2D eigenvalue weighted by Gasteiger charge is -2.03. The molecule has 0 aliphatic carbocycles. The molecule has 3 aromatic rings. The van der Waals surface area contributed by atoms with Gasteiger partial charge in [-0.3, -0.25) is 4.79 Å². The van der Waals surface area contributed by atoms with Crippen molar-refractivity contribution >= 4 is 27.5 Å². The minimum atomic E-state index is -0.0707. The number of nitrogens with zero attached hydrogens (tertiary/aromatic N) is 1. The van der Waals surface area contributed by atoms with Gasteiger partial charge in [0, 0.05) is 13.0 Å². The Morgan fingerprint density at radius 2 is 2.14 bits per heavy atom. The Morgan fingerprint density at radius 1 is 1.32 bits per heavy atom. The summed E-state index contributed by atoms with van der Waals surface area (Å²) in [5.41, 5.74) is 1.67. The normalized spacial score (nSPS) is 11.0. The van der Waals surface area contributed by atoms with Gasteiger partial charge in [-0.15, -0.1) is 11.3 Å². The van der Waals surface area contributed by atoms with Crippen molar-refractivity contribution in [3.05, 3.63) is 52.4 Å². The first-order chi connectivity index (χ1) is 10.6. The number of nitrogens with one attached hydrogen (secondary N) is 1. The molecule has 0 saturated carbocycles. The molecule has 0 spiro atoms. The van der Waals surface area contributed by atoms with E-state index in [1.54, 1.807) is 17.4 Å². The molecule has 0 saturated heterocycles. The Balaban J connectivity index is 1.51. The predicted molar refractivity (Wildman–Crippen MR) is 88.5 cm³/mol. The first-order valence-corrected chi connectivity index (χ1v) is 8.15. The average Bonchev–Trinajstić information content (AvgIpc) is 3.05. The van der Waals surface area contributed by atoms with Crippen LogP contribution in [0.25, 0.3) is 10.2 Å². The molecule has 0 atom stereocenters. The molecule has 0 bridgehead atoms. The number of hydrogen-bond donors (Lipinski definition) is 1. The third-order valence-electron chi connectivity index (χ3n) is 3.48. The highest BCUT2D eigenvalue weighted by molar-refractivity contribution is 7.18. The van der Waals surface area contributed by atoms with Gasteiger partial charge in [0.25, 0.3) is 5.91 Å². The maximum atomic E-state index is 12.0. The summed E-state index contributed by atoms with van der Waals surface area (Å²) in [5, 5.41) is 4.05. The van der Waals surface area contributed by atoms with E-state index in [9.17, 15) is 4.79 Å². The number of fused-ring (bicyclic) bond motifs is 1. The number of aryl methyl sites for hydroxylation is 3. The van der Waals surface area contributed by atoms with Gasteiger partial charge in [-0.1, -0.05) is 12.1 Å². The summed E-state index contributed by atoms with van der Waals surface area (Å²) in [6, 6.07) is 9.92. The maximum Gasteiger partial charge on any atom is 0.254 e. The number of thiazole rings is 1. The smallest absolute Gasteiger partial charge is 0.254 e. The average molecular weight is 314 g/mol. The van der Waals surface area contributed by atoms with Crippen LogP contribution in [-0.4, -0.2) is 17.4 Å². The van der Waals surface area contributed by atoms with Crippen molar-refractivity contribution in [1.82, 2.24) is 10.3 Å². The molecule has 0 radical (unpaired) electrons. The first-order valence-electron chi connectivity index (χ1n) is 7.33. The molecule has 22 heavy (non-hydrogen) atoms. The zero-order chi connectivity index (χ0) is 15.5. The van der Waals surface area contributed by atoms with Crippen LogP contribution in [0.15, 0.2) is 34.7 Å². The first kappa shape index (κ1) is 14.8. The Morgan fingerprint density at radius 3 is 2.86 bits per heavy atom. The molecule has 114 valence electrons. The second kappa shape index (κ2) is 6.32. The number of furan rings is 1. The Kier molecular flexibility index (Phi) is 4.24. The van der Waals surface area contributed by atoms with E-state index < -0.39 is 0 Å². The second-order valence-corrected chi connectivity index (χ2v) is 6.38. The van der Waals surface area contributed by atoms with E-state index in [1.807, 2.05) is 32.0 Å². The van der Waals surface area contributed by atoms with Crippen LogP contribution in [0.3, 0.4) is 0 Å². The Bertz CT molecular complexity index is 771. The molecular weight excluding hydrogens is 296 g/mol. The van der Waals surface area contributed by atoms with Crippen molar-refractivity contribution < 1.29 is 9.21 Å². The monoisotopic (exact) mass is 314 g/mol. The highest BCUT2D eigenvalue weighted by Gasteiger charge is 2.12. The van der Waals surface area contributed by atoms with E-state index in [0.29, 0.717) is 17.9 Å². The van der Waals surface area contributed by atoms with Crippen molar-refractivity contribution in [2.75, 3.05) is 6.54 Å². The molecule has 3 rings (SSSR count). The zero-order valence-corrected chi connectivity index (χ0v) is 13.5. The predicted octanol–water partition coefficient (Wildman–Crippen LogP) is 3.87. The number of benzene rings is 1. The van der Waals surface area contributed by atoms with Crippen LogP contribution in [0.1, 0.15) is 33.3 Å². The van der Waals surface area contributed by atoms with Gasteiger partial charge < -0.3 is 9.73 Å². The van der Waals surface area contributed by atoms with Crippen LogP contribution >= 0.6 is 11.3 Å². The SMILES string of the molecule is Cc1cc(C(=O)NCCCc2nc3ccccc3s2)c(C)o1.